The Bertz CT molecular complexity index is 553. The maximum Gasteiger partial charge on any atom is 0.322 e. The Morgan fingerprint density at radius 2 is 2.27 bits per heavy atom. The molecule has 22 heavy (non-hydrogen) atoms. The van der Waals surface area contributed by atoms with Crippen molar-refractivity contribution in [2.45, 2.75) is 26.0 Å². The fourth-order valence-corrected chi connectivity index (χ4v) is 2.63. The van der Waals surface area contributed by atoms with Gasteiger partial charge in [0.25, 0.3) is 0 Å². The van der Waals surface area contributed by atoms with Crippen molar-refractivity contribution in [3.05, 3.63) is 22.7 Å². The molecule has 0 radical (unpaired) electrons. The summed E-state index contributed by atoms with van der Waals surface area (Å²) in [5.41, 5.74) is 1.38. The van der Waals surface area contributed by atoms with Gasteiger partial charge in [-0.2, -0.15) is 0 Å². The van der Waals surface area contributed by atoms with Crippen LogP contribution in [0.1, 0.15) is 12.5 Å². The van der Waals surface area contributed by atoms with Crippen LogP contribution in [-0.4, -0.2) is 55.1 Å². The van der Waals surface area contributed by atoms with E-state index in [0.29, 0.717) is 29.6 Å². The molecule has 1 heterocycles. The molecule has 2 amide bonds. The average molecular weight is 329 g/mol. The number of likely N-dealkylation sites (N-methyl/N-ethyl adjacent to an activating group) is 1. The number of rotatable bonds is 4. The fourth-order valence-electron chi connectivity index (χ4n) is 2.47. The number of nitrogens with zero attached hydrogens (tertiary/aromatic N) is 1. The van der Waals surface area contributed by atoms with Gasteiger partial charge in [-0.15, -0.1) is 0 Å². The van der Waals surface area contributed by atoms with Crippen LogP contribution in [0.25, 0.3) is 0 Å². The molecule has 6 nitrogen and oxygen atoms in total. The smallest absolute Gasteiger partial charge is 0.322 e. The molecular weight excluding hydrogens is 308 g/mol. The highest BCUT2D eigenvalue weighted by atomic mass is 35.5. The first-order chi connectivity index (χ1) is 10.5. The van der Waals surface area contributed by atoms with Crippen LogP contribution in [0.15, 0.2) is 12.1 Å². The van der Waals surface area contributed by atoms with E-state index in [0.717, 1.165) is 5.56 Å². The first-order valence-corrected chi connectivity index (χ1v) is 7.53. The number of halogens is 1. The minimum atomic E-state index is -0.667. The van der Waals surface area contributed by atoms with Gasteiger partial charge >= 0.3 is 6.03 Å². The number of methoxy groups -OCH3 is 1. The van der Waals surface area contributed by atoms with E-state index in [4.69, 9.17) is 21.1 Å². The molecule has 0 spiro atoms. The zero-order chi connectivity index (χ0) is 16.3. The number of hydrogen-bond acceptors (Lipinski definition) is 4. The van der Waals surface area contributed by atoms with Gasteiger partial charge in [-0.3, -0.25) is 0 Å². The second kappa shape index (κ2) is 7.17. The molecule has 0 bridgehead atoms. The highest BCUT2D eigenvalue weighted by Gasteiger charge is 2.34. The maximum atomic E-state index is 12.5. The molecule has 0 saturated carbocycles. The number of nitrogens with one attached hydrogen (secondary N) is 1. The highest BCUT2D eigenvalue weighted by molar-refractivity contribution is 6.31. The van der Waals surface area contributed by atoms with Gasteiger partial charge in [0.1, 0.15) is 5.75 Å². The number of benzene rings is 1. The number of aliphatic hydroxyl groups excluding tert-OH is 1. The second-order valence-corrected chi connectivity index (χ2v) is 5.60. The van der Waals surface area contributed by atoms with Crippen molar-refractivity contribution in [2.24, 2.45) is 0 Å². The lowest BCUT2D eigenvalue weighted by Crippen LogP contribution is -2.48. The molecule has 1 fully saturated rings. The quantitative estimate of drug-likeness (QED) is 0.889. The number of carbonyl (C=O) groups excluding carboxylic acids is 1. The van der Waals surface area contributed by atoms with Crippen molar-refractivity contribution in [1.29, 1.82) is 0 Å². The third-order valence-electron chi connectivity index (χ3n) is 3.75. The number of urea groups is 1. The molecule has 1 aromatic carbocycles. The van der Waals surface area contributed by atoms with Crippen molar-refractivity contribution >= 4 is 23.3 Å². The molecule has 1 aliphatic rings. The molecule has 2 N–H and O–H groups in total. The van der Waals surface area contributed by atoms with Crippen LogP contribution in [-0.2, 0) is 4.74 Å². The van der Waals surface area contributed by atoms with E-state index in [1.54, 1.807) is 17.0 Å². The van der Waals surface area contributed by atoms with Crippen LogP contribution in [0, 0.1) is 6.92 Å². The van der Waals surface area contributed by atoms with E-state index in [9.17, 15) is 9.90 Å². The van der Waals surface area contributed by atoms with Gasteiger partial charge in [0.2, 0.25) is 0 Å². The van der Waals surface area contributed by atoms with Crippen LogP contribution in [0.5, 0.6) is 5.75 Å². The van der Waals surface area contributed by atoms with E-state index >= 15 is 0 Å². The van der Waals surface area contributed by atoms with Crippen LogP contribution < -0.4 is 10.1 Å². The van der Waals surface area contributed by atoms with Gasteiger partial charge in [0, 0.05) is 17.6 Å². The maximum absolute atomic E-state index is 12.5. The molecule has 2 atom stereocenters. The fraction of sp³-hybridized carbons (Fsp3) is 0.533. The number of aryl methyl sites for hydroxylation is 1. The lowest BCUT2D eigenvalue weighted by Gasteiger charge is -2.29. The number of carbonyl (C=O) groups is 1. The van der Waals surface area contributed by atoms with Crippen molar-refractivity contribution in [3.63, 3.8) is 0 Å². The summed E-state index contributed by atoms with van der Waals surface area (Å²) in [5.74, 6) is 0.489. The van der Waals surface area contributed by atoms with E-state index in [2.05, 4.69) is 5.32 Å². The van der Waals surface area contributed by atoms with Crippen LogP contribution in [0.4, 0.5) is 10.5 Å². The minimum absolute atomic E-state index is 0.248. The minimum Gasteiger partial charge on any atom is -0.495 e. The zero-order valence-electron chi connectivity index (χ0n) is 12.9. The Morgan fingerprint density at radius 3 is 2.82 bits per heavy atom. The van der Waals surface area contributed by atoms with E-state index in [1.807, 2.05) is 13.8 Å². The summed E-state index contributed by atoms with van der Waals surface area (Å²) in [6.45, 7) is 4.75. The SMILES string of the molecule is CCN(C(=O)Nc1cc(C)c(Cl)cc1OC)[C@@H]1COC[C@H]1O. The van der Waals surface area contributed by atoms with E-state index in [-0.39, 0.29) is 18.7 Å². The van der Waals surface area contributed by atoms with Crippen LogP contribution in [0.2, 0.25) is 5.02 Å². The molecule has 7 heteroatoms. The van der Waals surface area contributed by atoms with Gasteiger partial charge in [-0.1, -0.05) is 11.6 Å². The molecule has 122 valence electrons. The summed E-state index contributed by atoms with van der Waals surface area (Å²) in [7, 11) is 1.52. The number of ether oxygens (including phenoxy) is 2. The van der Waals surface area contributed by atoms with Gasteiger partial charge in [0.05, 0.1) is 38.2 Å². The zero-order valence-corrected chi connectivity index (χ0v) is 13.7. The molecule has 0 aliphatic carbocycles. The number of amides is 2. The summed E-state index contributed by atoms with van der Waals surface area (Å²) in [5, 5.41) is 13.3. The molecule has 1 aliphatic heterocycles. The van der Waals surface area contributed by atoms with Crippen molar-refractivity contribution in [1.82, 2.24) is 4.90 Å². The Labute approximate surface area is 135 Å². The van der Waals surface area contributed by atoms with Crippen molar-refractivity contribution in [3.8, 4) is 5.75 Å². The summed E-state index contributed by atoms with van der Waals surface area (Å²) in [6.07, 6.45) is -0.667. The summed E-state index contributed by atoms with van der Waals surface area (Å²) in [4.78, 5) is 14.1. The predicted octanol–water partition coefficient (Wildman–Crippen LogP) is 2.27. The van der Waals surface area contributed by atoms with E-state index in [1.165, 1.54) is 7.11 Å². The Morgan fingerprint density at radius 1 is 1.55 bits per heavy atom. The average Bonchev–Trinajstić information content (AvgIpc) is 2.89. The van der Waals surface area contributed by atoms with Gasteiger partial charge in [-0.05, 0) is 25.5 Å². The molecule has 1 aromatic rings. The van der Waals surface area contributed by atoms with E-state index < -0.39 is 6.10 Å². The number of anilines is 1. The van der Waals surface area contributed by atoms with Crippen LogP contribution >= 0.6 is 11.6 Å². The lowest BCUT2D eigenvalue weighted by molar-refractivity contribution is 0.1000. The summed E-state index contributed by atoms with van der Waals surface area (Å²) < 4.78 is 10.5. The molecule has 2 rings (SSSR count). The Hall–Kier alpha value is -1.50. The topological polar surface area (TPSA) is 71.0 Å². The Balaban J connectivity index is 2.18. The molecular formula is C15H21ClN2O4. The van der Waals surface area contributed by atoms with Crippen molar-refractivity contribution in [2.75, 3.05) is 32.2 Å². The van der Waals surface area contributed by atoms with Crippen LogP contribution in [0.3, 0.4) is 0 Å². The van der Waals surface area contributed by atoms with Gasteiger partial charge in [-0.25, -0.2) is 4.79 Å². The number of hydrogen-bond donors (Lipinski definition) is 2. The normalized spacial score (nSPS) is 20.8. The predicted molar refractivity (Wildman–Crippen MR) is 84.8 cm³/mol. The Kier molecular flexibility index (Phi) is 5.50. The second-order valence-electron chi connectivity index (χ2n) is 5.19. The van der Waals surface area contributed by atoms with Gasteiger partial charge in [0.15, 0.2) is 0 Å². The lowest BCUT2D eigenvalue weighted by atomic mass is 10.2. The van der Waals surface area contributed by atoms with Crippen molar-refractivity contribution < 1.29 is 19.4 Å². The third-order valence-corrected chi connectivity index (χ3v) is 4.15. The first kappa shape index (κ1) is 16.9. The third kappa shape index (κ3) is 3.45. The van der Waals surface area contributed by atoms with Gasteiger partial charge < -0.3 is 24.8 Å². The highest BCUT2D eigenvalue weighted by Crippen LogP contribution is 2.31. The molecule has 0 unspecified atom stereocenters. The standard InChI is InChI=1S/C15H21ClN2O4/c1-4-18(12-7-22-8-13(12)19)15(20)17-11-5-9(2)10(16)6-14(11)21-3/h5-6,12-13,19H,4,7-8H2,1-3H3,(H,17,20)/t12-,13-/m1/s1. The molecule has 0 aromatic heterocycles. The summed E-state index contributed by atoms with van der Waals surface area (Å²) in [6, 6.07) is 2.77. The monoisotopic (exact) mass is 328 g/mol. The number of aliphatic hydroxyl groups is 1. The first-order valence-electron chi connectivity index (χ1n) is 7.15. The largest absolute Gasteiger partial charge is 0.495 e. The summed E-state index contributed by atoms with van der Waals surface area (Å²) >= 11 is 6.06. The molecule has 1 saturated heterocycles.